The Morgan fingerprint density at radius 1 is 1.10 bits per heavy atom. The second-order valence-corrected chi connectivity index (χ2v) is 5.35. The fourth-order valence-corrected chi connectivity index (χ4v) is 2.66. The Hall–Kier alpha value is -2.28. The molecule has 108 valence electrons. The van der Waals surface area contributed by atoms with E-state index in [-0.39, 0.29) is 5.69 Å². The Morgan fingerprint density at radius 2 is 1.90 bits per heavy atom. The van der Waals surface area contributed by atoms with Gasteiger partial charge in [-0.25, -0.2) is 4.98 Å². The molecular weight excluding hydrogens is 299 g/mol. The van der Waals surface area contributed by atoms with E-state index >= 15 is 0 Å². The molecule has 0 aliphatic heterocycles. The van der Waals surface area contributed by atoms with Gasteiger partial charge in [0.05, 0.1) is 32.7 Å². The number of hydrogen-bond donors (Lipinski definition) is 2. The summed E-state index contributed by atoms with van der Waals surface area (Å²) in [5.41, 5.74) is 8.78. The first-order valence-corrected chi connectivity index (χ1v) is 6.88. The maximum absolute atomic E-state index is 12.6. The summed E-state index contributed by atoms with van der Waals surface area (Å²) in [4.78, 5) is 4.16. The number of halogens is 3. The molecule has 0 bridgehead atoms. The van der Waals surface area contributed by atoms with Crippen molar-refractivity contribution in [2.75, 3.05) is 11.1 Å². The minimum Gasteiger partial charge on any atom is -0.397 e. The number of thiazole rings is 1. The highest BCUT2D eigenvalue weighted by Crippen LogP contribution is 2.34. The molecule has 3 rings (SSSR count). The van der Waals surface area contributed by atoms with Crippen LogP contribution in [0.2, 0.25) is 0 Å². The molecule has 0 spiro atoms. The maximum Gasteiger partial charge on any atom is 0.416 e. The summed E-state index contributed by atoms with van der Waals surface area (Å²) in [5.74, 6) is 0. The van der Waals surface area contributed by atoms with Crippen LogP contribution in [0.5, 0.6) is 0 Å². The summed E-state index contributed by atoms with van der Waals surface area (Å²) >= 11 is 1.49. The molecule has 3 nitrogen and oxygen atoms in total. The third kappa shape index (κ3) is 2.78. The van der Waals surface area contributed by atoms with E-state index in [0.29, 0.717) is 5.69 Å². The largest absolute Gasteiger partial charge is 0.416 e. The van der Waals surface area contributed by atoms with Gasteiger partial charge < -0.3 is 11.1 Å². The van der Waals surface area contributed by atoms with E-state index in [0.717, 1.165) is 28.0 Å². The average molecular weight is 309 g/mol. The highest BCUT2D eigenvalue weighted by Gasteiger charge is 2.30. The number of alkyl halides is 3. The van der Waals surface area contributed by atoms with Crippen LogP contribution in [0.4, 0.5) is 30.2 Å². The predicted octanol–water partition coefficient (Wildman–Crippen LogP) is 4.64. The zero-order valence-electron chi connectivity index (χ0n) is 10.6. The van der Waals surface area contributed by atoms with Gasteiger partial charge in [0.1, 0.15) is 0 Å². The summed E-state index contributed by atoms with van der Waals surface area (Å²) in [6.07, 6.45) is -4.39. The summed E-state index contributed by atoms with van der Waals surface area (Å²) in [7, 11) is 0. The molecule has 7 heteroatoms. The van der Waals surface area contributed by atoms with Crippen LogP contribution in [0.15, 0.2) is 41.9 Å². The van der Waals surface area contributed by atoms with Crippen LogP contribution >= 0.6 is 11.3 Å². The van der Waals surface area contributed by atoms with E-state index in [1.54, 1.807) is 11.6 Å². The van der Waals surface area contributed by atoms with Gasteiger partial charge in [0.15, 0.2) is 0 Å². The van der Waals surface area contributed by atoms with E-state index in [1.807, 2.05) is 12.1 Å². The summed E-state index contributed by atoms with van der Waals surface area (Å²) < 4.78 is 38.7. The molecule has 21 heavy (non-hydrogen) atoms. The molecule has 0 amide bonds. The minimum atomic E-state index is -4.39. The molecule has 0 aliphatic carbocycles. The smallest absolute Gasteiger partial charge is 0.397 e. The molecular formula is C14H10F3N3S. The Kier molecular flexibility index (Phi) is 3.21. The average Bonchev–Trinajstić information content (AvgIpc) is 2.87. The Bertz CT molecular complexity index is 796. The van der Waals surface area contributed by atoms with E-state index in [4.69, 9.17) is 5.73 Å². The number of rotatable bonds is 2. The van der Waals surface area contributed by atoms with Crippen molar-refractivity contribution in [2.24, 2.45) is 0 Å². The highest BCUT2D eigenvalue weighted by molar-refractivity contribution is 7.16. The molecule has 3 N–H and O–H groups in total. The zero-order valence-corrected chi connectivity index (χ0v) is 11.4. The molecule has 0 unspecified atom stereocenters. The minimum absolute atomic E-state index is 0.0502. The number of anilines is 3. The van der Waals surface area contributed by atoms with Crippen molar-refractivity contribution in [1.29, 1.82) is 0 Å². The van der Waals surface area contributed by atoms with Crippen molar-refractivity contribution in [2.45, 2.75) is 6.18 Å². The van der Waals surface area contributed by atoms with Gasteiger partial charge in [-0.15, -0.1) is 11.3 Å². The molecule has 0 saturated heterocycles. The molecule has 0 radical (unpaired) electrons. The van der Waals surface area contributed by atoms with Crippen LogP contribution in [0.1, 0.15) is 5.56 Å². The number of nitrogen functional groups attached to an aromatic ring is 1. The SMILES string of the molecule is Nc1cc(C(F)(F)F)ccc1Nc1ccc2ncsc2c1. The van der Waals surface area contributed by atoms with Gasteiger partial charge in [0.2, 0.25) is 0 Å². The maximum atomic E-state index is 12.6. The van der Waals surface area contributed by atoms with E-state index < -0.39 is 11.7 Å². The van der Waals surface area contributed by atoms with E-state index in [9.17, 15) is 13.2 Å². The van der Waals surface area contributed by atoms with Crippen molar-refractivity contribution >= 4 is 38.6 Å². The number of nitrogens with two attached hydrogens (primary N) is 1. The van der Waals surface area contributed by atoms with Crippen molar-refractivity contribution in [3.8, 4) is 0 Å². The van der Waals surface area contributed by atoms with Crippen LogP contribution in [0.3, 0.4) is 0 Å². The third-order valence-corrected chi connectivity index (χ3v) is 3.78. The Balaban J connectivity index is 1.90. The number of nitrogens with one attached hydrogen (secondary N) is 1. The van der Waals surface area contributed by atoms with Gasteiger partial charge in [0.25, 0.3) is 0 Å². The fourth-order valence-electron chi connectivity index (χ4n) is 1.94. The lowest BCUT2D eigenvalue weighted by molar-refractivity contribution is -0.137. The Labute approximate surface area is 122 Å². The number of benzene rings is 2. The van der Waals surface area contributed by atoms with Crippen molar-refractivity contribution in [1.82, 2.24) is 4.98 Å². The lowest BCUT2D eigenvalue weighted by Crippen LogP contribution is -2.06. The second-order valence-electron chi connectivity index (χ2n) is 4.46. The molecule has 0 saturated carbocycles. The van der Waals surface area contributed by atoms with Crippen LogP contribution in [-0.4, -0.2) is 4.98 Å². The van der Waals surface area contributed by atoms with Crippen molar-refractivity contribution in [3.63, 3.8) is 0 Å². The lowest BCUT2D eigenvalue weighted by Gasteiger charge is -2.12. The summed E-state index contributed by atoms with van der Waals surface area (Å²) in [6, 6.07) is 8.78. The summed E-state index contributed by atoms with van der Waals surface area (Å²) in [5, 5.41) is 3.02. The van der Waals surface area contributed by atoms with Gasteiger partial charge in [-0.1, -0.05) is 0 Å². The Morgan fingerprint density at radius 3 is 2.62 bits per heavy atom. The van der Waals surface area contributed by atoms with Crippen LogP contribution in [-0.2, 0) is 6.18 Å². The third-order valence-electron chi connectivity index (χ3n) is 2.99. The fraction of sp³-hybridized carbons (Fsp3) is 0.0714. The monoisotopic (exact) mass is 309 g/mol. The first-order chi connectivity index (χ1) is 9.93. The van der Waals surface area contributed by atoms with Gasteiger partial charge in [-0.2, -0.15) is 13.2 Å². The number of nitrogens with zero attached hydrogens (tertiary/aromatic N) is 1. The molecule has 1 heterocycles. The van der Waals surface area contributed by atoms with Crippen LogP contribution in [0, 0.1) is 0 Å². The first kappa shape index (κ1) is 13.7. The standard InChI is InChI=1S/C14H10F3N3S/c15-14(16,17)8-1-3-11(10(18)5-8)20-9-2-4-12-13(6-9)21-7-19-12/h1-7,20H,18H2. The number of hydrogen-bond acceptors (Lipinski definition) is 4. The van der Waals surface area contributed by atoms with Crippen molar-refractivity contribution < 1.29 is 13.2 Å². The summed E-state index contributed by atoms with van der Waals surface area (Å²) in [6.45, 7) is 0. The normalized spacial score (nSPS) is 11.8. The van der Waals surface area contributed by atoms with Crippen molar-refractivity contribution in [3.05, 3.63) is 47.5 Å². The zero-order chi connectivity index (χ0) is 15.0. The quantitative estimate of drug-likeness (QED) is 0.678. The van der Waals surface area contributed by atoms with Crippen LogP contribution < -0.4 is 11.1 Å². The molecule has 0 fully saturated rings. The highest BCUT2D eigenvalue weighted by atomic mass is 32.1. The topological polar surface area (TPSA) is 50.9 Å². The van der Waals surface area contributed by atoms with E-state index in [2.05, 4.69) is 10.3 Å². The molecule has 2 aromatic carbocycles. The van der Waals surface area contributed by atoms with Crippen LogP contribution in [0.25, 0.3) is 10.2 Å². The number of aromatic nitrogens is 1. The predicted molar refractivity (Wildman–Crippen MR) is 78.8 cm³/mol. The van der Waals surface area contributed by atoms with Gasteiger partial charge in [0, 0.05) is 5.69 Å². The molecule has 0 aliphatic rings. The number of fused-ring (bicyclic) bond motifs is 1. The second kappa shape index (κ2) is 4.92. The molecule has 0 atom stereocenters. The first-order valence-electron chi connectivity index (χ1n) is 6.00. The van der Waals surface area contributed by atoms with Gasteiger partial charge >= 0.3 is 6.18 Å². The van der Waals surface area contributed by atoms with Gasteiger partial charge in [-0.3, -0.25) is 0 Å². The lowest BCUT2D eigenvalue weighted by atomic mass is 10.1. The molecule has 1 aromatic heterocycles. The molecule has 3 aromatic rings. The van der Waals surface area contributed by atoms with E-state index in [1.165, 1.54) is 17.4 Å². The van der Waals surface area contributed by atoms with Gasteiger partial charge in [-0.05, 0) is 36.4 Å².